The molecule has 56 heavy (non-hydrogen) atoms. The number of hydrogen-bond donors (Lipinski definition) is 0. The van der Waals surface area contributed by atoms with Crippen LogP contribution in [0, 0.1) is 17.3 Å². The third kappa shape index (κ3) is 9.31. The molecule has 0 saturated carbocycles. The number of carbonyl (C=O) groups excluding carboxylic acids is 1. The fourth-order valence-electron chi connectivity index (χ4n) is 9.63. The van der Waals surface area contributed by atoms with Crippen molar-refractivity contribution in [1.82, 2.24) is 0 Å². The van der Waals surface area contributed by atoms with E-state index in [9.17, 15) is 4.79 Å². The quantitative estimate of drug-likeness (QED) is 0.150. The van der Waals surface area contributed by atoms with Crippen LogP contribution in [-0.4, -0.2) is 69.2 Å². The summed E-state index contributed by atoms with van der Waals surface area (Å²) in [7, 11) is -2.96. The van der Waals surface area contributed by atoms with Gasteiger partial charge in [-0.25, -0.2) is 0 Å². The molecule has 0 unspecified atom stereocenters. The smallest absolute Gasteiger partial charge is 0.311 e. The van der Waals surface area contributed by atoms with Gasteiger partial charge in [-0.15, -0.1) is 0 Å². The zero-order valence-electron chi connectivity index (χ0n) is 35.5. The lowest BCUT2D eigenvalue weighted by molar-refractivity contribution is -0.271. The Kier molecular flexibility index (Phi) is 13.3. The first-order valence-electron chi connectivity index (χ1n) is 21.1. The first-order valence-corrected chi connectivity index (χ1v) is 23.0. The topological polar surface area (TPSA) is 72.5 Å². The lowest BCUT2D eigenvalue weighted by Crippen LogP contribution is -2.69. The number of carbonyl (C=O) groups is 1. The van der Waals surface area contributed by atoms with Crippen molar-refractivity contribution in [2.24, 2.45) is 17.3 Å². The molecule has 4 heterocycles. The minimum absolute atomic E-state index is 0.0870. The van der Waals surface area contributed by atoms with Crippen LogP contribution in [0.3, 0.4) is 0 Å². The number of fused-ring (bicyclic) bond motifs is 3. The molecule has 7 nitrogen and oxygen atoms in total. The van der Waals surface area contributed by atoms with Gasteiger partial charge in [-0.2, -0.15) is 0 Å². The van der Waals surface area contributed by atoms with Gasteiger partial charge in [0, 0.05) is 12.8 Å². The lowest BCUT2D eigenvalue weighted by atomic mass is 9.77. The number of benzene rings is 2. The summed E-state index contributed by atoms with van der Waals surface area (Å²) in [5.74, 6) is 1.07. The summed E-state index contributed by atoms with van der Waals surface area (Å²) in [6, 6.07) is 21.6. The summed E-state index contributed by atoms with van der Waals surface area (Å²) in [6.45, 7) is 23.7. The van der Waals surface area contributed by atoms with E-state index in [0.29, 0.717) is 12.8 Å². The van der Waals surface area contributed by atoms with E-state index in [2.05, 4.69) is 127 Å². The first-order chi connectivity index (χ1) is 26.5. The van der Waals surface area contributed by atoms with Gasteiger partial charge in [-0.05, 0) is 99.2 Å². The molecule has 4 aliphatic rings. The Labute approximate surface area is 338 Å². The van der Waals surface area contributed by atoms with Gasteiger partial charge in [-0.3, -0.25) is 4.79 Å². The average Bonchev–Trinajstić information content (AvgIpc) is 3.19. The van der Waals surface area contributed by atoms with Crippen molar-refractivity contribution in [3.63, 3.8) is 0 Å². The van der Waals surface area contributed by atoms with E-state index >= 15 is 0 Å². The highest BCUT2D eigenvalue weighted by molar-refractivity contribution is 6.99. The van der Waals surface area contributed by atoms with Crippen LogP contribution in [0.25, 0.3) is 0 Å². The fourth-order valence-corrected chi connectivity index (χ4v) is 14.3. The predicted molar refractivity (Wildman–Crippen MR) is 226 cm³/mol. The molecule has 3 fully saturated rings. The van der Waals surface area contributed by atoms with Crippen molar-refractivity contribution < 1.29 is 32.9 Å². The molecule has 6 rings (SSSR count). The largest absolute Gasteiger partial charge is 0.488 e. The maximum atomic E-state index is 13.1. The molecule has 2 aromatic rings. The van der Waals surface area contributed by atoms with Gasteiger partial charge in [-0.1, -0.05) is 114 Å². The predicted octanol–water partition coefficient (Wildman–Crippen LogP) is 9.24. The number of allylic oxidation sites excluding steroid dienone is 3. The van der Waals surface area contributed by atoms with E-state index in [4.69, 9.17) is 28.1 Å². The molecule has 4 aliphatic heterocycles. The van der Waals surface area contributed by atoms with E-state index in [1.807, 2.05) is 20.8 Å². The van der Waals surface area contributed by atoms with Gasteiger partial charge < -0.3 is 28.1 Å². The zero-order valence-corrected chi connectivity index (χ0v) is 36.5. The number of ether oxygens (including phenoxy) is 5. The Morgan fingerprint density at radius 3 is 2.16 bits per heavy atom. The van der Waals surface area contributed by atoms with Gasteiger partial charge in [0.25, 0.3) is 8.32 Å². The van der Waals surface area contributed by atoms with E-state index in [-0.39, 0.29) is 72.2 Å². The molecule has 0 amide bonds. The van der Waals surface area contributed by atoms with Crippen LogP contribution in [0.5, 0.6) is 0 Å². The second kappa shape index (κ2) is 17.5. The summed E-state index contributed by atoms with van der Waals surface area (Å²) >= 11 is 0. The van der Waals surface area contributed by atoms with Gasteiger partial charge in [0.15, 0.2) is 0 Å². The highest BCUT2D eigenvalue weighted by atomic mass is 28.4. The summed E-state index contributed by atoms with van der Waals surface area (Å²) in [6.07, 6.45) is 12.2. The molecule has 0 aromatic heterocycles. The highest BCUT2D eigenvalue weighted by Gasteiger charge is 2.56. The standard InChI is InChI=1S/C48H68O7Si/c1-11-35-21-15-12-20-26-39-44(51-35)34(3)30-41-40(52-39)31-43-48(10,54-41)32-33(2)29-42(38(53-43)27-28-50-45(49)46(4,5)6)55-56(47(7,8)9,36-22-16-13-17-23-36)37-24-18-14-19-25-37/h11-14,16-25,33-34,38-44H,1,15,26-32H2,2-10H3/b20-12-,35-21-/t33-,34+,38-,39+,40-,41+,42+,43+,44-,48-/m1/s1. The summed E-state index contributed by atoms with van der Waals surface area (Å²) in [5, 5.41) is 2.25. The van der Waals surface area contributed by atoms with E-state index < -0.39 is 19.3 Å². The van der Waals surface area contributed by atoms with Crippen LogP contribution in [0.2, 0.25) is 5.04 Å². The lowest BCUT2D eigenvalue weighted by Gasteiger charge is -2.53. The third-order valence-electron chi connectivity index (χ3n) is 12.4. The second-order valence-corrected chi connectivity index (χ2v) is 23.4. The molecule has 2 aromatic carbocycles. The van der Waals surface area contributed by atoms with Gasteiger partial charge in [0.2, 0.25) is 0 Å². The molecular formula is C48H68O7Si. The average molecular weight is 785 g/mol. The van der Waals surface area contributed by atoms with Crippen LogP contribution >= 0.6 is 0 Å². The summed E-state index contributed by atoms with van der Waals surface area (Å²) in [4.78, 5) is 13.1. The third-order valence-corrected chi connectivity index (χ3v) is 17.5. The molecule has 0 spiro atoms. The first kappa shape index (κ1) is 42.6. The van der Waals surface area contributed by atoms with Crippen molar-refractivity contribution in [2.75, 3.05) is 6.61 Å². The molecule has 0 bridgehead atoms. The molecule has 8 heteroatoms. The van der Waals surface area contributed by atoms with Crippen molar-refractivity contribution in [1.29, 1.82) is 0 Å². The molecule has 10 atom stereocenters. The second-order valence-electron chi connectivity index (χ2n) is 19.2. The molecular weight excluding hydrogens is 717 g/mol. The Bertz CT molecular complexity index is 1640. The highest BCUT2D eigenvalue weighted by Crippen LogP contribution is 2.47. The molecule has 306 valence electrons. The zero-order chi connectivity index (χ0) is 40.3. The Hall–Kier alpha value is -3.01. The monoisotopic (exact) mass is 784 g/mol. The van der Waals surface area contributed by atoms with E-state index in [1.165, 1.54) is 10.4 Å². The Morgan fingerprint density at radius 2 is 1.55 bits per heavy atom. The fraction of sp³-hybridized carbons (Fsp3) is 0.604. The normalized spacial score (nSPS) is 34.4. The van der Waals surface area contributed by atoms with Crippen molar-refractivity contribution >= 4 is 24.7 Å². The minimum atomic E-state index is -2.96. The van der Waals surface area contributed by atoms with Crippen LogP contribution < -0.4 is 10.4 Å². The number of hydrogen-bond acceptors (Lipinski definition) is 7. The van der Waals surface area contributed by atoms with Crippen molar-refractivity contribution in [2.45, 2.75) is 161 Å². The Balaban J connectivity index is 1.37. The van der Waals surface area contributed by atoms with Gasteiger partial charge in [0.05, 0.1) is 54.2 Å². The summed E-state index contributed by atoms with van der Waals surface area (Å²) < 4.78 is 42.3. The van der Waals surface area contributed by atoms with Crippen LogP contribution in [0.1, 0.15) is 107 Å². The Morgan fingerprint density at radius 1 is 0.893 bits per heavy atom. The minimum Gasteiger partial charge on any atom is -0.488 e. The molecule has 0 N–H and O–H groups in total. The van der Waals surface area contributed by atoms with Crippen molar-refractivity contribution in [3.8, 4) is 0 Å². The van der Waals surface area contributed by atoms with Crippen LogP contribution in [-0.2, 0) is 32.9 Å². The van der Waals surface area contributed by atoms with Gasteiger partial charge in [0.1, 0.15) is 11.9 Å². The molecule has 0 radical (unpaired) electrons. The van der Waals surface area contributed by atoms with Crippen LogP contribution in [0.4, 0.5) is 0 Å². The number of rotatable bonds is 8. The maximum absolute atomic E-state index is 13.1. The van der Waals surface area contributed by atoms with Crippen molar-refractivity contribution in [3.05, 3.63) is 97.3 Å². The maximum Gasteiger partial charge on any atom is 0.311 e. The molecule has 0 aliphatic carbocycles. The summed E-state index contributed by atoms with van der Waals surface area (Å²) in [5.41, 5.74) is -1.14. The SMILES string of the molecule is C=C/C1=C/C/C=C\C[C@@H]2O[C@@H]3C[C@@H]4O[C@H](CCOC(=O)C(C)(C)C)[C@@H](O[Si](c5ccccc5)(c5ccccc5)C(C)(C)C)C[C@@H](C)C[C@@]4(C)O[C@H]3C[C@H](C)[C@H]2O1. The van der Waals surface area contributed by atoms with Gasteiger partial charge >= 0.3 is 5.97 Å². The van der Waals surface area contributed by atoms with E-state index in [1.54, 1.807) is 6.08 Å². The molecule has 3 saturated heterocycles. The van der Waals surface area contributed by atoms with Crippen LogP contribution in [0.15, 0.2) is 97.3 Å². The van der Waals surface area contributed by atoms with E-state index in [0.717, 1.165) is 37.9 Å². The number of esters is 1.